The lowest BCUT2D eigenvalue weighted by molar-refractivity contribution is 0.242. The molecule has 0 atom stereocenters. The van der Waals surface area contributed by atoms with Crippen LogP contribution in [0.15, 0.2) is 29.4 Å². The van der Waals surface area contributed by atoms with Crippen molar-refractivity contribution in [1.82, 2.24) is 14.9 Å². The SMILES string of the molecule is Cc1cccc(C)c1CN1CCc2nc(C3=NCCCC3)ncc2C1. The highest BCUT2D eigenvalue weighted by Gasteiger charge is 2.21. The van der Waals surface area contributed by atoms with Gasteiger partial charge in [-0.05, 0) is 49.8 Å². The largest absolute Gasteiger partial charge is 0.294 e. The Morgan fingerprint density at radius 3 is 2.68 bits per heavy atom. The first kappa shape index (κ1) is 16.4. The van der Waals surface area contributed by atoms with Gasteiger partial charge in [0.15, 0.2) is 5.82 Å². The maximum absolute atomic E-state index is 4.84. The summed E-state index contributed by atoms with van der Waals surface area (Å²) >= 11 is 0. The van der Waals surface area contributed by atoms with Crippen LogP contribution in [-0.4, -0.2) is 33.7 Å². The van der Waals surface area contributed by atoms with Crippen molar-refractivity contribution in [2.45, 2.75) is 52.6 Å². The van der Waals surface area contributed by atoms with E-state index in [0.717, 1.165) is 50.6 Å². The second-order valence-corrected chi connectivity index (χ2v) is 7.28. The van der Waals surface area contributed by atoms with Gasteiger partial charge in [-0.1, -0.05) is 18.2 Å². The lowest BCUT2D eigenvalue weighted by Crippen LogP contribution is -2.32. The number of aliphatic imine (C=N–C) groups is 1. The highest BCUT2D eigenvalue weighted by molar-refractivity contribution is 5.97. The van der Waals surface area contributed by atoms with E-state index in [4.69, 9.17) is 4.98 Å². The molecule has 1 aromatic carbocycles. The summed E-state index contributed by atoms with van der Waals surface area (Å²) in [6, 6.07) is 6.56. The minimum Gasteiger partial charge on any atom is -0.294 e. The van der Waals surface area contributed by atoms with Crippen LogP contribution in [0.5, 0.6) is 0 Å². The zero-order valence-electron chi connectivity index (χ0n) is 15.3. The molecule has 0 saturated heterocycles. The van der Waals surface area contributed by atoms with Crippen LogP contribution >= 0.6 is 0 Å². The molecule has 25 heavy (non-hydrogen) atoms. The van der Waals surface area contributed by atoms with Crippen LogP contribution < -0.4 is 0 Å². The first-order chi connectivity index (χ1) is 12.2. The fraction of sp³-hybridized carbons (Fsp3) is 0.476. The smallest absolute Gasteiger partial charge is 0.173 e. The average molecular weight is 334 g/mol. The van der Waals surface area contributed by atoms with Crippen LogP contribution in [0.1, 0.15) is 53.0 Å². The molecule has 0 spiro atoms. The lowest BCUT2D eigenvalue weighted by Gasteiger charge is -2.29. The summed E-state index contributed by atoms with van der Waals surface area (Å²) in [5.41, 5.74) is 7.82. The van der Waals surface area contributed by atoms with Crippen LogP contribution in [0.25, 0.3) is 0 Å². The minimum atomic E-state index is 0.863. The first-order valence-corrected chi connectivity index (χ1v) is 9.36. The topological polar surface area (TPSA) is 41.4 Å². The number of nitrogens with zero attached hydrogens (tertiary/aromatic N) is 4. The van der Waals surface area contributed by atoms with Crippen molar-refractivity contribution in [3.8, 4) is 0 Å². The van der Waals surface area contributed by atoms with Crippen molar-refractivity contribution < 1.29 is 0 Å². The quantitative estimate of drug-likeness (QED) is 0.861. The summed E-state index contributed by atoms with van der Waals surface area (Å²) in [6.07, 6.45) is 6.47. The number of aryl methyl sites for hydroxylation is 2. The van der Waals surface area contributed by atoms with Crippen molar-refractivity contribution in [1.29, 1.82) is 0 Å². The van der Waals surface area contributed by atoms with Gasteiger partial charge in [0.25, 0.3) is 0 Å². The second kappa shape index (κ2) is 7.04. The molecule has 4 heteroatoms. The highest BCUT2D eigenvalue weighted by Crippen LogP contribution is 2.22. The van der Waals surface area contributed by atoms with Gasteiger partial charge in [-0.3, -0.25) is 9.89 Å². The predicted molar refractivity (Wildman–Crippen MR) is 101 cm³/mol. The third-order valence-corrected chi connectivity index (χ3v) is 5.42. The average Bonchev–Trinajstić information content (AvgIpc) is 2.65. The van der Waals surface area contributed by atoms with Gasteiger partial charge in [0.05, 0.1) is 11.4 Å². The number of rotatable bonds is 3. The minimum absolute atomic E-state index is 0.863. The Morgan fingerprint density at radius 2 is 1.92 bits per heavy atom. The van der Waals surface area contributed by atoms with Gasteiger partial charge in [-0.15, -0.1) is 0 Å². The highest BCUT2D eigenvalue weighted by atomic mass is 15.1. The fourth-order valence-electron chi connectivity index (χ4n) is 3.85. The Kier molecular flexibility index (Phi) is 4.62. The maximum atomic E-state index is 4.84. The molecule has 0 radical (unpaired) electrons. The van der Waals surface area contributed by atoms with Crippen LogP contribution in [-0.2, 0) is 19.5 Å². The molecule has 0 bridgehead atoms. The van der Waals surface area contributed by atoms with Gasteiger partial charge < -0.3 is 0 Å². The molecule has 4 rings (SSSR count). The molecule has 1 aromatic heterocycles. The normalized spacial score (nSPS) is 17.9. The van der Waals surface area contributed by atoms with Gasteiger partial charge in [0.1, 0.15) is 0 Å². The van der Waals surface area contributed by atoms with Gasteiger partial charge in [-0.25, -0.2) is 9.97 Å². The molecular formula is C21H26N4. The first-order valence-electron chi connectivity index (χ1n) is 9.36. The summed E-state index contributed by atoms with van der Waals surface area (Å²) < 4.78 is 0. The summed E-state index contributed by atoms with van der Waals surface area (Å²) in [4.78, 5) is 16.6. The molecule has 0 saturated carbocycles. The van der Waals surface area contributed by atoms with Crippen LogP contribution in [0, 0.1) is 13.8 Å². The van der Waals surface area contributed by atoms with Gasteiger partial charge in [0, 0.05) is 44.4 Å². The van der Waals surface area contributed by atoms with Crippen molar-refractivity contribution in [3.05, 3.63) is 58.2 Å². The van der Waals surface area contributed by atoms with Crippen molar-refractivity contribution >= 4 is 5.71 Å². The molecule has 0 fully saturated rings. The number of hydrogen-bond donors (Lipinski definition) is 0. The van der Waals surface area contributed by atoms with Gasteiger partial charge in [-0.2, -0.15) is 0 Å². The number of aromatic nitrogens is 2. The summed E-state index contributed by atoms with van der Waals surface area (Å²) in [6.45, 7) is 8.35. The standard InChI is InChI=1S/C21H26N4/c1-15-6-5-7-16(2)18(15)14-25-11-9-19-17(13-25)12-23-21(24-19)20-8-3-4-10-22-20/h5-7,12H,3-4,8-11,13-14H2,1-2H3. The Bertz CT molecular complexity index is 789. The summed E-state index contributed by atoms with van der Waals surface area (Å²) in [5.74, 6) is 0.863. The van der Waals surface area contributed by atoms with Gasteiger partial charge in [0.2, 0.25) is 0 Å². The molecular weight excluding hydrogens is 308 g/mol. The Balaban J connectivity index is 1.51. The zero-order valence-corrected chi connectivity index (χ0v) is 15.3. The summed E-state index contributed by atoms with van der Waals surface area (Å²) in [7, 11) is 0. The van der Waals surface area contributed by atoms with Crippen molar-refractivity contribution in [2.24, 2.45) is 4.99 Å². The molecule has 2 aromatic rings. The molecule has 2 aliphatic rings. The Hall–Kier alpha value is -2.07. The third kappa shape index (κ3) is 3.49. The van der Waals surface area contributed by atoms with Crippen LogP contribution in [0.4, 0.5) is 0 Å². The number of fused-ring (bicyclic) bond motifs is 1. The molecule has 0 aliphatic carbocycles. The van der Waals surface area contributed by atoms with E-state index in [9.17, 15) is 0 Å². The van der Waals surface area contributed by atoms with E-state index in [-0.39, 0.29) is 0 Å². The van der Waals surface area contributed by atoms with Crippen LogP contribution in [0.2, 0.25) is 0 Å². The Morgan fingerprint density at radius 1 is 1.08 bits per heavy atom. The second-order valence-electron chi connectivity index (χ2n) is 7.28. The Labute approximate surface area is 150 Å². The van der Waals surface area contributed by atoms with Gasteiger partial charge >= 0.3 is 0 Å². The fourth-order valence-corrected chi connectivity index (χ4v) is 3.85. The van der Waals surface area contributed by atoms with E-state index in [1.54, 1.807) is 0 Å². The lowest BCUT2D eigenvalue weighted by atomic mass is 10.0. The molecule has 0 amide bonds. The van der Waals surface area contributed by atoms with E-state index in [2.05, 4.69) is 46.9 Å². The number of hydrogen-bond acceptors (Lipinski definition) is 4. The van der Waals surface area contributed by atoms with Crippen molar-refractivity contribution in [2.75, 3.05) is 13.1 Å². The van der Waals surface area contributed by atoms with E-state index in [1.165, 1.54) is 40.8 Å². The van der Waals surface area contributed by atoms with E-state index >= 15 is 0 Å². The third-order valence-electron chi connectivity index (χ3n) is 5.42. The van der Waals surface area contributed by atoms with E-state index in [1.807, 2.05) is 6.20 Å². The molecule has 0 N–H and O–H groups in total. The number of benzene rings is 1. The molecule has 4 nitrogen and oxygen atoms in total. The predicted octanol–water partition coefficient (Wildman–Crippen LogP) is 3.62. The van der Waals surface area contributed by atoms with E-state index in [0.29, 0.717) is 0 Å². The maximum Gasteiger partial charge on any atom is 0.173 e. The van der Waals surface area contributed by atoms with E-state index < -0.39 is 0 Å². The van der Waals surface area contributed by atoms with Crippen LogP contribution in [0.3, 0.4) is 0 Å². The van der Waals surface area contributed by atoms with Crippen molar-refractivity contribution in [3.63, 3.8) is 0 Å². The zero-order chi connectivity index (χ0) is 17.2. The summed E-state index contributed by atoms with van der Waals surface area (Å²) in [5, 5.41) is 0. The molecule has 3 heterocycles. The molecule has 2 aliphatic heterocycles. The molecule has 130 valence electrons. The monoisotopic (exact) mass is 334 g/mol. The molecule has 0 unspecified atom stereocenters.